The van der Waals surface area contributed by atoms with E-state index in [4.69, 9.17) is 0 Å². The summed E-state index contributed by atoms with van der Waals surface area (Å²) >= 11 is 1.67. The average molecular weight is 330 g/mol. The van der Waals surface area contributed by atoms with Gasteiger partial charge in [-0.25, -0.2) is 4.98 Å². The number of para-hydroxylation sites is 4. The van der Waals surface area contributed by atoms with Crippen LogP contribution in [0, 0.1) is 10.1 Å². The summed E-state index contributed by atoms with van der Waals surface area (Å²) in [6.07, 6.45) is 2.04. The number of benzene rings is 2. The fraction of sp³-hybridized carbons (Fsp3) is 0.188. The Morgan fingerprint density at radius 1 is 1.17 bits per heavy atom. The number of rotatable bonds is 3. The van der Waals surface area contributed by atoms with Gasteiger partial charge in [-0.05, 0) is 24.5 Å². The van der Waals surface area contributed by atoms with Gasteiger partial charge in [0, 0.05) is 20.2 Å². The normalized spacial score (nSPS) is 10.0. The monoisotopic (exact) mass is 330 g/mol. The Hall–Kier alpha value is -2.54. The maximum absolute atomic E-state index is 10.3. The third kappa shape index (κ3) is 3.81. The standard InChI is InChI=1S/C9H10N2S.C7H8N2O2/c1-11-8-6-4-3-5-7(8)10-9(11)12-2;1-8-6-4-2-3-5-7(6)9(10)11/h3-6H,1-2H3;2-5,8H,1H3. The Labute approximate surface area is 138 Å². The number of nitro benzene ring substituents is 1. The molecule has 0 radical (unpaired) electrons. The number of hydrogen-bond donors (Lipinski definition) is 1. The quantitative estimate of drug-likeness (QED) is 0.447. The number of aryl methyl sites for hydroxylation is 1. The molecular formula is C16H18N4O2S. The third-order valence-electron chi connectivity index (χ3n) is 3.30. The summed E-state index contributed by atoms with van der Waals surface area (Å²) in [4.78, 5) is 14.4. The van der Waals surface area contributed by atoms with Crippen molar-refractivity contribution < 1.29 is 4.92 Å². The molecule has 0 unspecified atom stereocenters. The van der Waals surface area contributed by atoms with E-state index in [1.807, 2.05) is 31.5 Å². The topological polar surface area (TPSA) is 73.0 Å². The first kappa shape index (κ1) is 16.8. The van der Waals surface area contributed by atoms with Crippen molar-refractivity contribution >= 4 is 34.2 Å². The second-order valence-electron chi connectivity index (χ2n) is 4.67. The largest absolute Gasteiger partial charge is 0.383 e. The first-order valence-electron chi connectivity index (χ1n) is 6.95. The molecule has 0 aliphatic carbocycles. The Morgan fingerprint density at radius 3 is 2.39 bits per heavy atom. The first-order chi connectivity index (χ1) is 11.1. The molecule has 0 aliphatic heterocycles. The molecule has 0 saturated heterocycles. The van der Waals surface area contributed by atoms with Crippen molar-refractivity contribution in [3.8, 4) is 0 Å². The van der Waals surface area contributed by atoms with Crippen molar-refractivity contribution in [3.05, 3.63) is 58.6 Å². The van der Waals surface area contributed by atoms with Crippen LogP contribution < -0.4 is 5.32 Å². The zero-order valence-corrected chi connectivity index (χ0v) is 14.0. The van der Waals surface area contributed by atoms with E-state index in [1.165, 1.54) is 11.6 Å². The zero-order chi connectivity index (χ0) is 16.8. The van der Waals surface area contributed by atoms with Gasteiger partial charge in [-0.15, -0.1) is 0 Å². The van der Waals surface area contributed by atoms with Crippen LogP contribution in [-0.4, -0.2) is 27.8 Å². The molecule has 0 amide bonds. The van der Waals surface area contributed by atoms with Gasteiger partial charge in [0.05, 0.1) is 16.0 Å². The van der Waals surface area contributed by atoms with Crippen LogP contribution in [0.25, 0.3) is 11.0 Å². The molecule has 1 heterocycles. The zero-order valence-electron chi connectivity index (χ0n) is 13.2. The number of thioether (sulfide) groups is 1. The summed E-state index contributed by atoms with van der Waals surface area (Å²) in [6.45, 7) is 0. The second-order valence-corrected chi connectivity index (χ2v) is 5.44. The molecule has 0 fully saturated rings. The van der Waals surface area contributed by atoms with Crippen LogP contribution in [-0.2, 0) is 7.05 Å². The lowest BCUT2D eigenvalue weighted by Gasteiger charge is -1.98. The van der Waals surface area contributed by atoms with E-state index in [1.54, 1.807) is 37.0 Å². The number of nitrogens with zero attached hydrogens (tertiary/aromatic N) is 3. The fourth-order valence-corrected chi connectivity index (χ4v) is 2.71. The Balaban J connectivity index is 0.000000168. The van der Waals surface area contributed by atoms with E-state index in [9.17, 15) is 10.1 Å². The van der Waals surface area contributed by atoms with Crippen molar-refractivity contribution in [1.82, 2.24) is 9.55 Å². The molecule has 2 aromatic carbocycles. The lowest BCUT2D eigenvalue weighted by molar-refractivity contribution is -0.383. The number of imidazole rings is 1. The smallest absolute Gasteiger partial charge is 0.292 e. The van der Waals surface area contributed by atoms with Gasteiger partial charge in [-0.3, -0.25) is 10.1 Å². The summed E-state index contributed by atoms with van der Waals surface area (Å²) < 4.78 is 2.11. The van der Waals surface area contributed by atoms with Crippen molar-refractivity contribution in [2.45, 2.75) is 5.16 Å². The lowest BCUT2D eigenvalue weighted by Crippen LogP contribution is -1.95. The van der Waals surface area contributed by atoms with Crippen LogP contribution in [0.3, 0.4) is 0 Å². The first-order valence-corrected chi connectivity index (χ1v) is 8.17. The Morgan fingerprint density at radius 2 is 1.83 bits per heavy atom. The molecular weight excluding hydrogens is 312 g/mol. The molecule has 120 valence electrons. The molecule has 3 aromatic rings. The molecule has 0 spiro atoms. The minimum absolute atomic E-state index is 0.106. The van der Waals surface area contributed by atoms with E-state index < -0.39 is 4.92 Å². The minimum Gasteiger partial charge on any atom is -0.383 e. The van der Waals surface area contributed by atoms with E-state index in [-0.39, 0.29) is 5.69 Å². The van der Waals surface area contributed by atoms with Gasteiger partial charge in [0.1, 0.15) is 5.69 Å². The minimum atomic E-state index is -0.411. The van der Waals surface area contributed by atoms with Gasteiger partial charge >= 0.3 is 0 Å². The SMILES string of the molecule is CNc1ccccc1[N+](=O)[O-].CSc1nc2ccccc2n1C. The summed E-state index contributed by atoms with van der Waals surface area (Å²) in [6, 6.07) is 14.7. The molecule has 6 nitrogen and oxygen atoms in total. The number of fused-ring (bicyclic) bond motifs is 1. The molecule has 1 N–H and O–H groups in total. The van der Waals surface area contributed by atoms with Gasteiger partial charge in [-0.2, -0.15) is 0 Å². The molecule has 23 heavy (non-hydrogen) atoms. The number of aromatic nitrogens is 2. The molecule has 0 saturated carbocycles. The predicted molar refractivity (Wildman–Crippen MR) is 95.1 cm³/mol. The predicted octanol–water partition coefficient (Wildman–Crippen LogP) is 3.93. The molecule has 3 rings (SSSR count). The molecule has 1 aromatic heterocycles. The van der Waals surface area contributed by atoms with Crippen LogP contribution in [0.5, 0.6) is 0 Å². The van der Waals surface area contributed by atoms with Gasteiger partial charge < -0.3 is 9.88 Å². The summed E-state index contributed by atoms with van der Waals surface area (Å²) in [7, 11) is 3.70. The molecule has 7 heteroatoms. The highest BCUT2D eigenvalue weighted by Crippen LogP contribution is 2.22. The summed E-state index contributed by atoms with van der Waals surface area (Å²) in [5, 5.41) is 14.1. The number of nitrogens with one attached hydrogen (secondary N) is 1. The highest BCUT2D eigenvalue weighted by atomic mass is 32.2. The van der Waals surface area contributed by atoms with E-state index in [2.05, 4.69) is 20.9 Å². The van der Waals surface area contributed by atoms with Crippen LogP contribution in [0.2, 0.25) is 0 Å². The highest BCUT2D eigenvalue weighted by molar-refractivity contribution is 7.98. The molecule has 0 aliphatic rings. The average Bonchev–Trinajstić information content (AvgIpc) is 2.92. The molecule has 0 atom stereocenters. The number of hydrogen-bond acceptors (Lipinski definition) is 5. The lowest BCUT2D eigenvalue weighted by atomic mass is 10.3. The van der Waals surface area contributed by atoms with E-state index >= 15 is 0 Å². The Bertz CT molecular complexity index is 817. The maximum atomic E-state index is 10.3. The summed E-state index contributed by atoms with van der Waals surface area (Å²) in [5.74, 6) is 0. The van der Waals surface area contributed by atoms with Crippen LogP contribution >= 0.6 is 11.8 Å². The van der Waals surface area contributed by atoms with Crippen molar-refractivity contribution in [2.75, 3.05) is 18.6 Å². The van der Waals surface area contributed by atoms with Gasteiger partial charge in [-0.1, -0.05) is 36.0 Å². The van der Waals surface area contributed by atoms with Crippen LogP contribution in [0.15, 0.2) is 53.7 Å². The van der Waals surface area contributed by atoms with Crippen molar-refractivity contribution in [2.24, 2.45) is 7.05 Å². The van der Waals surface area contributed by atoms with E-state index in [0.29, 0.717) is 5.69 Å². The fourth-order valence-electron chi connectivity index (χ4n) is 2.15. The second kappa shape index (κ2) is 7.64. The van der Waals surface area contributed by atoms with Gasteiger partial charge in [0.25, 0.3) is 5.69 Å². The highest BCUT2D eigenvalue weighted by Gasteiger charge is 2.09. The van der Waals surface area contributed by atoms with Gasteiger partial charge in [0.2, 0.25) is 0 Å². The van der Waals surface area contributed by atoms with Crippen LogP contribution in [0.4, 0.5) is 11.4 Å². The Kier molecular flexibility index (Phi) is 5.59. The molecule has 0 bridgehead atoms. The van der Waals surface area contributed by atoms with Crippen molar-refractivity contribution in [3.63, 3.8) is 0 Å². The van der Waals surface area contributed by atoms with E-state index in [0.717, 1.165) is 10.7 Å². The van der Waals surface area contributed by atoms with Crippen molar-refractivity contribution in [1.29, 1.82) is 0 Å². The third-order valence-corrected chi connectivity index (χ3v) is 4.03. The van der Waals surface area contributed by atoms with Gasteiger partial charge in [0.15, 0.2) is 5.16 Å². The summed E-state index contributed by atoms with van der Waals surface area (Å²) in [5.41, 5.74) is 2.92. The van der Waals surface area contributed by atoms with Crippen LogP contribution in [0.1, 0.15) is 0 Å². The number of nitro groups is 1. The number of anilines is 1. The maximum Gasteiger partial charge on any atom is 0.292 e.